The van der Waals surface area contributed by atoms with Crippen LogP contribution in [0.4, 0.5) is 5.69 Å². The number of aromatic nitrogens is 1. The minimum Gasteiger partial charge on any atom is -0.241 e. The topological polar surface area (TPSA) is 25.2 Å². The number of fused-ring (bicyclic) bond motifs is 1. The molecule has 2 rings (SSSR count). The van der Waals surface area contributed by atoms with Crippen molar-refractivity contribution in [3.8, 4) is 0 Å². The van der Waals surface area contributed by atoms with Gasteiger partial charge in [0.15, 0.2) is 0 Å². The quantitative estimate of drug-likeness (QED) is 0.554. The first-order chi connectivity index (χ1) is 7.50. The Bertz CT molecular complexity index is 572. The predicted molar refractivity (Wildman–Crippen MR) is 73.0 cm³/mol. The predicted octanol–water partition coefficient (Wildman–Crippen LogP) is 4.33. The highest BCUT2D eigenvalue weighted by Crippen LogP contribution is 2.32. The summed E-state index contributed by atoms with van der Waals surface area (Å²) in [5, 5.41) is 3.52. The molecule has 82 valence electrons. The number of rotatable bonds is 1. The van der Waals surface area contributed by atoms with E-state index in [0.717, 1.165) is 20.9 Å². The first-order valence-corrected chi connectivity index (χ1v) is 6.22. The first-order valence-electron chi connectivity index (χ1n) is 4.99. The Balaban J connectivity index is 2.58. The standard InChI is InChI=1S/C12H12N2S2/c1-12(2,3)11-14-9-5-4-8(13-7-15)6-10(9)16-11/h4-6H,1-3H3. The van der Waals surface area contributed by atoms with Crippen LogP contribution in [0.25, 0.3) is 10.2 Å². The molecule has 0 aliphatic heterocycles. The molecule has 1 heterocycles. The van der Waals surface area contributed by atoms with Gasteiger partial charge in [-0.3, -0.25) is 0 Å². The van der Waals surface area contributed by atoms with Gasteiger partial charge in [-0.15, -0.1) is 11.3 Å². The number of thiazole rings is 1. The number of thiocarbonyl (C=S) groups is 1. The van der Waals surface area contributed by atoms with Crippen LogP contribution in [0.5, 0.6) is 0 Å². The number of hydrogen-bond acceptors (Lipinski definition) is 4. The van der Waals surface area contributed by atoms with Crippen LogP contribution in [0.1, 0.15) is 25.8 Å². The molecule has 4 heteroatoms. The van der Waals surface area contributed by atoms with Crippen LogP contribution < -0.4 is 0 Å². The lowest BCUT2D eigenvalue weighted by Crippen LogP contribution is -2.09. The third-order valence-corrected chi connectivity index (χ3v) is 3.72. The molecule has 0 spiro atoms. The Morgan fingerprint density at radius 3 is 2.75 bits per heavy atom. The molecule has 0 atom stereocenters. The summed E-state index contributed by atoms with van der Waals surface area (Å²) in [7, 11) is 0. The maximum atomic E-state index is 4.62. The van der Waals surface area contributed by atoms with E-state index in [-0.39, 0.29) is 5.41 Å². The van der Waals surface area contributed by atoms with Gasteiger partial charge in [0.05, 0.1) is 26.1 Å². The Morgan fingerprint density at radius 1 is 1.38 bits per heavy atom. The Labute approximate surface area is 104 Å². The van der Waals surface area contributed by atoms with E-state index in [1.54, 1.807) is 11.3 Å². The van der Waals surface area contributed by atoms with Crippen LogP contribution >= 0.6 is 23.6 Å². The molecule has 0 radical (unpaired) electrons. The summed E-state index contributed by atoms with van der Waals surface area (Å²) in [4.78, 5) is 8.59. The van der Waals surface area contributed by atoms with Gasteiger partial charge in [0.1, 0.15) is 0 Å². The van der Waals surface area contributed by atoms with Crippen molar-refractivity contribution in [2.24, 2.45) is 4.99 Å². The number of hydrogen-bond donors (Lipinski definition) is 0. The molecule has 16 heavy (non-hydrogen) atoms. The molecule has 0 amide bonds. The van der Waals surface area contributed by atoms with Gasteiger partial charge >= 0.3 is 0 Å². The third-order valence-electron chi connectivity index (χ3n) is 2.19. The van der Waals surface area contributed by atoms with E-state index in [9.17, 15) is 0 Å². The second kappa shape index (κ2) is 4.06. The van der Waals surface area contributed by atoms with E-state index in [1.807, 2.05) is 18.2 Å². The summed E-state index contributed by atoms with van der Waals surface area (Å²) in [6.45, 7) is 6.50. The molecule has 0 unspecified atom stereocenters. The lowest BCUT2D eigenvalue weighted by Gasteiger charge is -2.13. The monoisotopic (exact) mass is 248 g/mol. The summed E-state index contributed by atoms with van der Waals surface area (Å²) < 4.78 is 1.15. The third kappa shape index (κ3) is 2.19. The van der Waals surface area contributed by atoms with Crippen molar-refractivity contribution in [3.63, 3.8) is 0 Å². The largest absolute Gasteiger partial charge is 0.241 e. The zero-order valence-electron chi connectivity index (χ0n) is 9.44. The number of isothiocyanates is 1. The fourth-order valence-corrected chi connectivity index (χ4v) is 2.52. The van der Waals surface area contributed by atoms with Gasteiger partial charge < -0.3 is 0 Å². The van der Waals surface area contributed by atoms with E-state index in [4.69, 9.17) is 0 Å². The van der Waals surface area contributed by atoms with Gasteiger partial charge in [-0.1, -0.05) is 20.8 Å². The van der Waals surface area contributed by atoms with Gasteiger partial charge in [0, 0.05) is 5.41 Å². The summed E-state index contributed by atoms with van der Waals surface area (Å²) in [6.07, 6.45) is 0. The summed E-state index contributed by atoms with van der Waals surface area (Å²) >= 11 is 6.30. The molecule has 0 bridgehead atoms. The van der Waals surface area contributed by atoms with Crippen LogP contribution in [0.3, 0.4) is 0 Å². The van der Waals surface area contributed by atoms with Crippen molar-refractivity contribution in [2.75, 3.05) is 0 Å². The van der Waals surface area contributed by atoms with Crippen LogP contribution in [-0.4, -0.2) is 10.1 Å². The van der Waals surface area contributed by atoms with Gasteiger partial charge in [-0.2, -0.15) is 4.99 Å². The smallest absolute Gasteiger partial charge is 0.0992 e. The second-order valence-electron chi connectivity index (χ2n) is 4.62. The molecular weight excluding hydrogens is 236 g/mol. The summed E-state index contributed by atoms with van der Waals surface area (Å²) in [5.41, 5.74) is 1.96. The zero-order chi connectivity index (χ0) is 11.8. The highest BCUT2D eigenvalue weighted by atomic mass is 32.1. The first kappa shape index (κ1) is 11.4. The molecule has 0 saturated heterocycles. The Hall–Kier alpha value is -1.09. The lowest BCUT2D eigenvalue weighted by atomic mass is 9.98. The van der Waals surface area contributed by atoms with Crippen molar-refractivity contribution in [3.05, 3.63) is 23.2 Å². The van der Waals surface area contributed by atoms with E-state index in [0.29, 0.717) is 0 Å². The highest BCUT2D eigenvalue weighted by Gasteiger charge is 2.18. The lowest BCUT2D eigenvalue weighted by molar-refractivity contribution is 0.587. The van der Waals surface area contributed by atoms with Crippen molar-refractivity contribution in [1.29, 1.82) is 0 Å². The molecule has 0 fully saturated rings. The molecule has 2 aromatic rings. The molecule has 0 aliphatic rings. The van der Waals surface area contributed by atoms with Crippen LogP contribution in [0, 0.1) is 0 Å². The van der Waals surface area contributed by atoms with E-state index in [2.05, 4.69) is 48.1 Å². The summed E-state index contributed by atoms with van der Waals surface area (Å²) in [6, 6.07) is 5.89. The van der Waals surface area contributed by atoms with Crippen LogP contribution in [-0.2, 0) is 5.41 Å². The number of nitrogens with zero attached hydrogens (tertiary/aromatic N) is 2. The Morgan fingerprint density at radius 2 is 2.12 bits per heavy atom. The molecule has 0 aliphatic carbocycles. The molecule has 2 nitrogen and oxygen atoms in total. The van der Waals surface area contributed by atoms with Crippen LogP contribution in [0.2, 0.25) is 0 Å². The second-order valence-corrected chi connectivity index (χ2v) is 5.84. The fraction of sp³-hybridized carbons (Fsp3) is 0.333. The normalized spacial score (nSPS) is 11.4. The maximum Gasteiger partial charge on any atom is 0.0992 e. The maximum absolute atomic E-state index is 4.62. The van der Waals surface area contributed by atoms with Gasteiger partial charge in [-0.05, 0) is 30.4 Å². The zero-order valence-corrected chi connectivity index (χ0v) is 11.1. The minimum atomic E-state index is 0.0945. The van der Waals surface area contributed by atoms with E-state index >= 15 is 0 Å². The molecule has 0 saturated carbocycles. The van der Waals surface area contributed by atoms with Crippen molar-refractivity contribution < 1.29 is 0 Å². The molecule has 1 aromatic carbocycles. The minimum absolute atomic E-state index is 0.0945. The van der Waals surface area contributed by atoms with E-state index in [1.165, 1.54) is 0 Å². The summed E-state index contributed by atoms with van der Waals surface area (Å²) in [5.74, 6) is 0. The van der Waals surface area contributed by atoms with Gasteiger partial charge in [0.2, 0.25) is 0 Å². The van der Waals surface area contributed by atoms with Crippen molar-refractivity contribution >= 4 is 44.6 Å². The number of benzene rings is 1. The van der Waals surface area contributed by atoms with Crippen LogP contribution in [0.15, 0.2) is 23.2 Å². The van der Waals surface area contributed by atoms with Crippen molar-refractivity contribution in [1.82, 2.24) is 4.98 Å². The average Bonchev–Trinajstić information content (AvgIpc) is 2.60. The highest BCUT2D eigenvalue weighted by molar-refractivity contribution is 7.78. The molecular formula is C12H12N2S2. The molecule has 1 aromatic heterocycles. The average molecular weight is 248 g/mol. The Kier molecular flexibility index (Phi) is 2.89. The van der Waals surface area contributed by atoms with Gasteiger partial charge in [-0.25, -0.2) is 4.98 Å². The SMILES string of the molecule is CC(C)(C)c1nc2ccc(N=C=S)cc2s1. The van der Waals surface area contributed by atoms with Gasteiger partial charge in [0.25, 0.3) is 0 Å². The molecule has 0 N–H and O–H groups in total. The fourth-order valence-electron chi connectivity index (χ4n) is 1.36. The van der Waals surface area contributed by atoms with Crippen molar-refractivity contribution in [2.45, 2.75) is 26.2 Å². The number of aliphatic imine (C=N–C) groups is 1. The van der Waals surface area contributed by atoms with E-state index < -0.39 is 0 Å².